The third-order valence-corrected chi connectivity index (χ3v) is 6.71. The first kappa shape index (κ1) is 18.9. The number of benzene rings is 1. The second kappa shape index (κ2) is 7.51. The minimum atomic E-state index is -0.141. The van der Waals surface area contributed by atoms with Crippen LogP contribution in [0.4, 0.5) is 0 Å². The van der Waals surface area contributed by atoms with Crippen LogP contribution >= 0.6 is 11.3 Å². The molecule has 0 N–H and O–H groups in total. The van der Waals surface area contributed by atoms with Crippen LogP contribution in [0.25, 0.3) is 21.3 Å². The Morgan fingerprint density at radius 1 is 1.21 bits per heavy atom. The lowest BCUT2D eigenvalue weighted by atomic mass is 9.99. The van der Waals surface area contributed by atoms with Crippen molar-refractivity contribution in [3.8, 4) is 11.1 Å². The van der Waals surface area contributed by atoms with Crippen LogP contribution in [0.5, 0.6) is 0 Å². The summed E-state index contributed by atoms with van der Waals surface area (Å²) < 4.78 is 1.46. The smallest absolute Gasteiger partial charge is 0.263 e. The molecule has 1 aromatic carbocycles. The summed E-state index contributed by atoms with van der Waals surface area (Å²) in [6, 6.07) is 6.22. The van der Waals surface area contributed by atoms with Gasteiger partial charge in [0.25, 0.3) is 5.56 Å². The molecule has 0 spiro atoms. The molecule has 5 nitrogen and oxygen atoms in total. The Bertz CT molecular complexity index is 1090. The fourth-order valence-corrected chi connectivity index (χ4v) is 4.61. The molecule has 1 saturated heterocycles. The lowest BCUT2D eigenvalue weighted by Gasteiger charge is -2.30. The molecule has 6 heteroatoms. The molecule has 1 amide bonds. The summed E-state index contributed by atoms with van der Waals surface area (Å²) >= 11 is 1.47. The monoisotopic (exact) mass is 395 g/mol. The van der Waals surface area contributed by atoms with Gasteiger partial charge in [0.2, 0.25) is 5.91 Å². The van der Waals surface area contributed by atoms with Crippen molar-refractivity contribution in [2.75, 3.05) is 13.1 Å². The lowest BCUT2D eigenvalue weighted by Crippen LogP contribution is -2.41. The molecular weight excluding hydrogens is 370 g/mol. The molecule has 0 radical (unpaired) electrons. The van der Waals surface area contributed by atoms with Crippen molar-refractivity contribution in [1.29, 1.82) is 0 Å². The predicted molar refractivity (Wildman–Crippen MR) is 114 cm³/mol. The van der Waals surface area contributed by atoms with Crippen molar-refractivity contribution >= 4 is 27.5 Å². The van der Waals surface area contributed by atoms with Gasteiger partial charge in [0.1, 0.15) is 11.4 Å². The summed E-state index contributed by atoms with van der Waals surface area (Å²) in [5.74, 6) is 0.661. The van der Waals surface area contributed by atoms with Crippen molar-refractivity contribution < 1.29 is 4.79 Å². The van der Waals surface area contributed by atoms with Gasteiger partial charge in [-0.1, -0.05) is 25.1 Å². The second-order valence-electron chi connectivity index (χ2n) is 7.87. The van der Waals surface area contributed by atoms with Crippen molar-refractivity contribution in [3.05, 3.63) is 51.4 Å². The van der Waals surface area contributed by atoms with Gasteiger partial charge in [-0.25, -0.2) is 4.98 Å². The van der Waals surface area contributed by atoms with E-state index in [0.29, 0.717) is 16.1 Å². The van der Waals surface area contributed by atoms with E-state index in [1.807, 2.05) is 16.3 Å². The van der Waals surface area contributed by atoms with Gasteiger partial charge in [-0.05, 0) is 49.3 Å². The van der Waals surface area contributed by atoms with E-state index in [-0.39, 0.29) is 18.0 Å². The van der Waals surface area contributed by atoms with E-state index in [4.69, 9.17) is 0 Å². The summed E-state index contributed by atoms with van der Waals surface area (Å²) in [6.45, 7) is 7.97. The zero-order chi connectivity index (χ0) is 19.8. The average molecular weight is 396 g/mol. The number of nitrogens with zero attached hydrogens (tertiary/aromatic N) is 3. The third kappa shape index (κ3) is 3.49. The van der Waals surface area contributed by atoms with Crippen LogP contribution in [0.15, 0.2) is 34.7 Å². The van der Waals surface area contributed by atoms with Gasteiger partial charge in [-0.3, -0.25) is 14.2 Å². The minimum absolute atomic E-state index is 0.00175. The lowest BCUT2D eigenvalue weighted by molar-refractivity contribution is -0.133. The molecule has 0 saturated carbocycles. The zero-order valence-corrected chi connectivity index (χ0v) is 17.4. The molecule has 28 heavy (non-hydrogen) atoms. The number of thiophene rings is 1. The average Bonchev–Trinajstić information content (AvgIpc) is 3.11. The summed E-state index contributed by atoms with van der Waals surface area (Å²) in [5.41, 5.74) is 4.19. The number of rotatable bonds is 3. The van der Waals surface area contributed by atoms with Gasteiger partial charge >= 0.3 is 0 Å². The molecule has 0 aliphatic carbocycles. The number of fused-ring (bicyclic) bond motifs is 1. The van der Waals surface area contributed by atoms with Crippen LogP contribution < -0.4 is 5.56 Å². The maximum absolute atomic E-state index is 13.2. The highest BCUT2D eigenvalue weighted by Crippen LogP contribution is 2.31. The molecule has 4 rings (SSSR count). The molecule has 1 fully saturated rings. The van der Waals surface area contributed by atoms with Crippen LogP contribution in [0.1, 0.15) is 30.9 Å². The molecule has 1 aliphatic heterocycles. The van der Waals surface area contributed by atoms with E-state index >= 15 is 0 Å². The van der Waals surface area contributed by atoms with Crippen molar-refractivity contribution in [1.82, 2.24) is 14.5 Å². The zero-order valence-electron chi connectivity index (χ0n) is 16.6. The number of aromatic nitrogens is 2. The molecule has 3 aromatic rings. The number of hydrogen-bond donors (Lipinski definition) is 0. The van der Waals surface area contributed by atoms with Crippen molar-refractivity contribution in [2.24, 2.45) is 5.92 Å². The number of carbonyl (C=O) groups excluding carboxylic acids is 1. The molecule has 146 valence electrons. The highest BCUT2D eigenvalue weighted by Gasteiger charge is 2.21. The van der Waals surface area contributed by atoms with E-state index in [2.05, 4.69) is 37.9 Å². The van der Waals surface area contributed by atoms with Crippen molar-refractivity contribution in [3.63, 3.8) is 0 Å². The first-order valence-corrected chi connectivity index (χ1v) is 10.6. The highest BCUT2D eigenvalue weighted by molar-refractivity contribution is 7.17. The third-order valence-electron chi connectivity index (χ3n) is 5.82. The van der Waals surface area contributed by atoms with Gasteiger partial charge in [-0.2, -0.15) is 0 Å². The number of hydrogen-bond acceptors (Lipinski definition) is 4. The van der Waals surface area contributed by atoms with E-state index < -0.39 is 0 Å². The number of carbonyl (C=O) groups is 1. The molecule has 0 atom stereocenters. The van der Waals surface area contributed by atoms with E-state index in [9.17, 15) is 9.59 Å². The molecule has 0 unspecified atom stereocenters. The number of piperidine rings is 1. The highest BCUT2D eigenvalue weighted by atomic mass is 32.1. The fourth-order valence-electron chi connectivity index (χ4n) is 3.71. The van der Waals surface area contributed by atoms with Crippen LogP contribution in [0.2, 0.25) is 0 Å². The largest absolute Gasteiger partial charge is 0.341 e. The molecule has 3 heterocycles. The quantitative estimate of drug-likeness (QED) is 0.674. The molecular formula is C22H25N3O2S. The van der Waals surface area contributed by atoms with E-state index in [0.717, 1.165) is 37.1 Å². The molecule has 2 aromatic heterocycles. The van der Waals surface area contributed by atoms with Crippen LogP contribution in [-0.4, -0.2) is 33.4 Å². The number of aryl methyl sites for hydroxylation is 2. The maximum Gasteiger partial charge on any atom is 0.263 e. The maximum atomic E-state index is 13.2. The summed E-state index contributed by atoms with van der Waals surface area (Å²) in [5, 5.41) is 2.59. The van der Waals surface area contributed by atoms with Gasteiger partial charge < -0.3 is 4.90 Å². The molecule has 1 aliphatic rings. The first-order valence-electron chi connectivity index (χ1n) is 9.76. The SMILES string of the molecule is Cc1ccc(-c2csc3ncn(CC(=O)N4CCC(C)CC4)c(=O)c23)cc1C. The van der Waals surface area contributed by atoms with Gasteiger partial charge in [0.05, 0.1) is 11.7 Å². The Kier molecular flexibility index (Phi) is 5.06. The van der Waals surface area contributed by atoms with Crippen LogP contribution in [0.3, 0.4) is 0 Å². The topological polar surface area (TPSA) is 55.2 Å². The Hall–Kier alpha value is -2.47. The summed E-state index contributed by atoms with van der Waals surface area (Å²) in [4.78, 5) is 32.9. The van der Waals surface area contributed by atoms with Gasteiger partial charge in [0, 0.05) is 24.0 Å². The molecule has 0 bridgehead atoms. The summed E-state index contributed by atoms with van der Waals surface area (Å²) in [7, 11) is 0. The van der Waals surface area contributed by atoms with Crippen molar-refractivity contribution in [2.45, 2.75) is 40.2 Å². The summed E-state index contributed by atoms with van der Waals surface area (Å²) in [6.07, 6.45) is 3.56. The van der Waals surface area contributed by atoms with E-state index in [1.165, 1.54) is 33.4 Å². The minimum Gasteiger partial charge on any atom is -0.341 e. The predicted octanol–water partition coefficient (Wildman–Crippen LogP) is 4.00. The number of amides is 1. The van der Waals surface area contributed by atoms with Gasteiger partial charge in [0.15, 0.2) is 0 Å². The fraction of sp³-hybridized carbons (Fsp3) is 0.409. The second-order valence-corrected chi connectivity index (χ2v) is 8.73. The Morgan fingerprint density at radius 3 is 2.68 bits per heavy atom. The standard InChI is InChI=1S/C22H25N3O2S/c1-14-6-8-24(9-7-14)19(26)11-25-13-23-21-20(22(25)27)18(12-28-21)17-5-4-15(2)16(3)10-17/h4-5,10,12-14H,6-9,11H2,1-3H3. The normalized spacial score (nSPS) is 15.3. The van der Waals surface area contributed by atoms with Crippen LogP contribution in [-0.2, 0) is 11.3 Å². The van der Waals surface area contributed by atoms with E-state index in [1.54, 1.807) is 0 Å². The Morgan fingerprint density at radius 2 is 1.96 bits per heavy atom. The Balaban J connectivity index is 1.67. The Labute approximate surface area is 168 Å². The number of likely N-dealkylation sites (tertiary alicyclic amines) is 1. The first-order chi connectivity index (χ1) is 13.4. The van der Waals surface area contributed by atoms with Gasteiger partial charge in [-0.15, -0.1) is 11.3 Å². The van der Waals surface area contributed by atoms with Crippen LogP contribution in [0, 0.1) is 19.8 Å².